The van der Waals surface area contributed by atoms with Gasteiger partial charge in [-0.15, -0.1) is 0 Å². The lowest BCUT2D eigenvalue weighted by Gasteiger charge is -2.29. The molecule has 1 aromatic rings. The molecule has 2 aliphatic heterocycles. The van der Waals surface area contributed by atoms with Gasteiger partial charge in [-0.2, -0.15) is 0 Å². The fourth-order valence-electron chi connectivity index (χ4n) is 2.62. The maximum atomic E-state index is 10.0. The van der Waals surface area contributed by atoms with E-state index in [1.54, 1.807) is 0 Å². The molecule has 2 atom stereocenters. The van der Waals surface area contributed by atoms with E-state index in [2.05, 4.69) is 4.90 Å². The minimum absolute atomic E-state index is 0.134. The molecule has 1 N–H and O–H groups in total. The lowest BCUT2D eigenvalue weighted by Crippen LogP contribution is -2.42. The summed E-state index contributed by atoms with van der Waals surface area (Å²) >= 11 is 0. The Morgan fingerprint density at radius 2 is 2.00 bits per heavy atom. The van der Waals surface area contributed by atoms with Crippen molar-refractivity contribution in [2.75, 3.05) is 52.7 Å². The highest BCUT2D eigenvalue weighted by Gasteiger charge is 2.21. The summed E-state index contributed by atoms with van der Waals surface area (Å²) in [4.78, 5) is 2.19. The molecule has 22 heavy (non-hydrogen) atoms. The molecule has 0 radical (unpaired) electrons. The maximum Gasteiger partial charge on any atom is 0.161 e. The van der Waals surface area contributed by atoms with Gasteiger partial charge in [-0.1, -0.05) is 12.1 Å². The van der Waals surface area contributed by atoms with Crippen molar-refractivity contribution in [2.45, 2.75) is 12.2 Å². The number of aliphatic hydroxyl groups is 1. The first-order valence-electron chi connectivity index (χ1n) is 7.75. The molecule has 0 aliphatic carbocycles. The molecule has 0 bridgehead atoms. The second-order valence-corrected chi connectivity index (χ2v) is 5.60. The number of hydrogen-bond acceptors (Lipinski definition) is 6. The van der Waals surface area contributed by atoms with Gasteiger partial charge in [0.1, 0.15) is 6.61 Å². The van der Waals surface area contributed by atoms with Crippen LogP contribution in [0.1, 0.15) is 0 Å². The first kappa shape index (κ1) is 15.6. The number of hydrogen-bond donors (Lipinski definition) is 1. The lowest BCUT2D eigenvalue weighted by molar-refractivity contribution is -0.0391. The lowest BCUT2D eigenvalue weighted by atomic mass is 10.2. The summed E-state index contributed by atoms with van der Waals surface area (Å²) in [5.41, 5.74) is 0. The summed E-state index contributed by atoms with van der Waals surface area (Å²) in [5, 5.41) is 10.0. The third-order valence-corrected chi connectivity index (χ3v) is 3.75. The van der Waals surface area contributed by atoms with Crippen LogP contribution >= 0.6 is 0 Å². The van der Waals surface area contributed by atoms with E-state index < -0.39 is 6.10 Å². The van der Waals surface area contributed by atoms with Crippen LogP contribution in [0.15, 0.2) is 24.3 Å². The van der Waals surface area contributed by atoms with Crippen molar-refractivity contribution in [3.8, 4) is 11.5 Å². The molecule has 0 aromatic heterocycles. The van der Waals surface area contributed by atoms with E-state index >= 15 is 0 Å². The summed E-state index contributed by atoms with van der Waals surface area (Å²) in [6.45, 7) is 5.01. The molecule has 2 aliphatic rings. The SMILES string of the molecule is O[C@@H](COC[C@H]1COc2ccccc2O1)CN1CCOCC1. The van der Waals surface area contributed by atoms with Gasteiger partial charge in [0.2, 0.25) is 0 Å². The third kappa shape index (κ3) is 4.33. The molecule has 6 nitrogen and oxygen atoms in total. The zero-order valence-electron chi connectivity index (χ0n) is 12.6. The number of rotatable bonds is 6. The van der Waals surface area contributed by atoms with Crippen molar-refractivity contribution in [3.63, 3.8) is 0 Å². The molecule has 0 saturated carbocycles. The van der Waals surface area contributed by atoms with E-state index in [1.807, 2.05) is 24.3 Å². The van der Waals surface area contributed by atoms with Crippen LogP contribution < -0.4 is 9.47 Å². The number of fused-ring (bicyclic) bond motifs is 1. The van der Waals surface area contributed by atoms with Crippen LogP contribution in [-0.4, -0.2) is 74.9 Å². The van der Waals surface area contributed by atoms with Crippen LogP contribution in [0.25, 0.3) is 0 Å². The number of benzene rings is 1. The van der Waals surface area contributed by atoms with E-state index in [0.29, 0.717) is 26.4 Å². The Labute approximate surface area is 130 Å². The Morgan fingerprint density at radius 1 is 1.23 bits per heavy atom. The highest BCUT2D eigenvalue weighted by Crippen LogP contribution is 2.30. The predicted molar refractivity (Wildman–Crippen MR) is 80.4 cm³/mol. The largest absolute Gasteiger partial charge is 0.486 e. The van der Waals surface area contributed by atoms with E-state index in [0.717, 1.165) is 37.8 Å². The molecular formula is C16H23NO5. The predicted octanol–water partition coefficient (Wildman–Crippen LogP) is 0.536. The highest BCUT2D eigenvalue weighted by molar-refractivity contribution is 5.40. The van der Waals surface area contributed by atoms with Gasteiger partial charge < -0.3 is 24.1 Å². The van der Waals surface area contributed by atoms with Crippen molar-refractivity contribution in [2.24, 2.45) is 0 Å². The monoisotopic (exact) mass is 309 g/mol. The number of para-hydroxylation sites is 2. The standard InChI is InChI=1S/C16H23NO5/c18-13(9-17-5-7-19-8-6-17)10-20-11-14-12-21-15-3-1-2-4-16(15)22-14/h1-4,13-14,18H,5-12H2/t13-,14+/m1/s1. The molecule has 1 saturated heterocycles. The molecular weight excluding hydrogens is 286 g/mol. The zero-order chi connectivity index (χ0) is 15.2. The number of β-amino-alcohol motifs (C(OH)–C–C–N with tert-alkyl or cyclic N) is 1. The van der Waals surface area contributed by atoms with Gasteiger partial charge in [0.15, 0.2) is 17.6 Å². The molecule has 1 aromatic carbocycles. The van der Waals surface area contributed by atoms with Crippen LogP contribution in [0.4, 0.5) is 0 Å². The number of morpholine rings is 1. The number of aliphatic hydroxyl groups excluding tert-OH is 1. The van der Waals surface area contributed by atoms with Gasteiger partial charge in [0.05, 0.1) is 32.5 Å². The Kier molecular flexibility index (Phi) is 5.50. The van der Waals surface area contributed by atoms with Crippen molar-refractivity contribution >= 4 is 0 Å². The van der Waals surface area contributed by atoms with Crippen molar-refractivity contribution in [3.05, 3.63) is 24.3 Å². The van der Waals surface area contributed by atoms with Crippen LogP contribution in [0.5, 0.6) is 11.5 Å². The van der Waals surface area contributed by atoms with Gasteiger partial charge in [0, 0.05) is 19.6 Å². The summed E-state index contributed by atoms with van der Waals surface area (Å²) in [6.07, 6.45) is -0.625. The minimum Gasteiger partial charge on any atom is -0.486 e. The summed E-state index contributed by atoms with van der Waals surface area (Å²) in [5.74, 6) is 1.52. The van der Waals surface area contributed by atoms with E-state index in [-0.39, 0.29) is 6.10 Å². The van der Waals surface area contributed by atoms with Crippen LogP contribution in [0.2, 0.25) is 0 Å². The Balaban J connectivity index is 1.35. The second-order valence-electron chi connectivity index (χ2n) is 5.60. The topological polar surface area (TPSA) is 60.4 Å². The van der Waals surface area contributed by atoms with Gasteiger partial charge in [-0.25, -0.2) is 0 Å². The summed E-state index contributed by atoms with van der Waals surface area (Å²) < 4.78 is 22.3. The Morgan fingerprint density at radius 3 is 2.82 bits per heavy atom. The molecule has 0 spiro atoms. The van der Waals surface area contributed by atoms with Crippen LogP contribution in [-0.2, 0) is 9.47 Å². The average Bonchev–Trinajstić information content (AvgIpc) is 2.55. The molecule has 1 fully saturated rings. The minimum atomic E-state index is -0.491. The van der Waals surface area contributed by atoms with E-state index in [9.17, 15) is 5.11 Å². The average molecular weight is 309 g/mol. The number of nitrogens with zero attached hydrogens (tertiary/aromatic N) is 1. The van der Waals surface area contributed by atoms with Crippen LogP contribution in [0.3, 0.4) is 0 Å². The molecule has 6 heteroatoms. The third-order valence-electron chi connectivity index (χ3n) is 3.75. The van der Waals surface area contributed by atoms with Crippen molar-refractivity contribution in [1.29, 1.82) is 0 Å². The van der Waals surface area contributed by atoms with Crippen molar-refractivity contribution < 1.29 is 24.1 Å². The fourth-order valence-corrected chi connectivity index (χ4v) is 2.62. The summed E-state index contributed by atoms with van der Waals surface area (Å²) in [6, 6.07) is 7.60. The Bertz CT molecular complexity index is 464. The van der Waals surface area contributed by atoms with Gasteiger partial charge in [-0.05, 0) is 12.1 Å². The molecule has 3 rings (SSSR count). The molecule has 2 heterocycles. The maximum absolute atomic E-state index is 10.0. The second kappa shape index (κ2) is 7.78. The fraction of sp³-hybridized carbons (Fsp3) is 0.625. The summed E-state index contributed by atoms with van der Waals surface area (Å²) in [7, 11) is 0. The number of ether oxygens (including phenoxy) is 4. The highest BCUT2D eigenvalue weighted by atomic mass is 16.6. The molecule has 0 unspecified atom stereocenters. The van der Waals surface area contributed by atoms with Gasteiger partial charge in [-0.3, -0.25) is 4.90 Å². The Hall–Kier alpha value is -1.34. The smallest absolute Gasteiger partial charge is 0.161 e. The van der Waals surface area contributed by atoms with Gasteiger partial charge >= 0.3 is 0 Å². The van der Waals surface area contributed by atoms with Gasteiger partial charge in [0.25, 0.3) is 0 Å². The first-order valence-corrected chi connectivity index (χ1v) is 7.75. The molecule has 0 amide bonds. The quantitative estimate of drug-likeness (QED) is 0.827. The first-order chi connectivity index (χ1) is 10.8. The molecule has 122 valence electrons. The van der Waals surface area contributed by atoms with E-state index in [1.165, 1.54) is 0 Å². The van der Waals surface area contributed by atoms with Crippen LogP contribution in [0, 0.1) is 0 Å². The zero-order valence-corrected chi connectivity index (χ0v) is 12.6. The van der Waals surface area contributed by atoms with E-state index in [4.69, 9.17) is 18.9 Å². The normalized spacial score (nSPS) is 23.2. The van der Waals surface area contributed by atoms with Crippen molar-refractivity contribution in [1.82, 2.24) is 4.90 Å².